The monoisotopic (exact) mass is 211 g/mol. The number of hydrogen-bond acceptors (Lipinski definition) is 1. The second kappa shape index (κ2) is 3.50. The zero-order valence-corrected chi connectivity index (χ0v) is 6.40. The first-order valence-electron chi connectivity index (χ1n) is 3.24. The SMILES string of the molecule is [N]OC(F)(F)c1ccc(F)c(F)c1F. The van der Waals surface area contributed by atoms with Gasteiger partial charge in [-0.15, -0.1) is 0 Å². The van der Waals surface area contributed by atoms with Crippen LogP contribution in [0.5, 0.6) is 0 Å². The van der Waals surface area contributed by atoms with E-state index >= 15 is 0 Å². The van der Waals surface area contributed by atoms with Gasteiger partial charge in [-0.25, -0.2) is 13.2 Å². The highest BCUT2D eigenvalue weighted by Crippen LogP contribution is 2.31. The Kier molecular flexibility index (Phi) is 2.72. The molecule has 0 heterocycles. The summed E-state index contributed by atoms with van der Waals surface area (Å²) >= 11 is 0. The molecule has 76 valence electrons. The number of alkyl halides is 2. The van der Waals surface area contributed by atoms with Gasteiger partial charge >= 0.3 is 6.11 Å². The molecular formula is C7H2F5NO. The first-order valence-corrected chi connectivity index (χ1v) is 3.24. The van der Waals surface area contributed by atoms with Crippen molar-refractivity contribution < 1.29 is 26.8 Å². The summed E-state index contributed by atoms with van der Waals surface area (Å²) in [5, 5.41) is 0. The highest BCUT2D eigenvalue weighted by Gasteiger charge is 2.38. The molecule has 0 aliphatic rings. The predicted octanol–water partition coefficient (Wildman–Crippen LogP) is 2.15. The molecule has 0 aliphatic heterocycles. The normalized spacial score (nSPS) is 11.9. The highest BCUT2D eigenvalue weighted by atomic mass is 19.3. The average Bonchev–Trinajstić information content (AvgIpc) is 2.14. The molecule has 0 saturated heterocycles. The summed E-state index contributed by atoms with van der Waals surface area (Å²) in [6.07, 6.45) is -4.42. The van der Waals surface area contributed by atoms with Crippen LogP contribution in [0.2, 0.25) is 0 Å². The summed E-state index contributed by atoms with van der Waals surface area (Å²) in [4.78, 5) is 2.64. The van der Waals surface area contributed by atoms with Crippen molar-refractivity contribution in [3.63, 3.8) is 0 Å². The second-order valence-electron chi connectivity index (χ2n) is 2.33. The van der Waals surface area contributed by atoms with Gasteiger partial charge in [-0.3, -0.25) is 0 Å². The van der Waals surface area contributed by atoms with Gasteiger partial charge in [0.1, 0.15) is 0 Å². The molecule has 0 saturated carbocycles. The molecule has 2 radical (unpaired) electrons. The Bertz CT molecular complexity index is 354. The van der Waals surface area contributed by atoms with Crippen LogP contribution in [0.1, 0.15) is 5.56 Å². The third kappa shape index (κ3) is 1.68. The first-order chi connectivity index (χ1) is 6.40. The Morgan fingerprint density at radius 2 is 1.64 bits per heavy atom. The van der Waals surface area contributed by atoms with Gasteiger partial charge in [0.2, 0.25) is 0 Å². The van der Waals surface area contributed by atoms with Crippen LogP contribution < -0.4 is 5.90 Å². The fourth-order valence-corrected chi connectivity index (χ4v) is 0.800. The van der Waals surface area contributed by atoms with Gasteiger partial charge in [0, 0.05) is 5.90 Å². The summed E-state index contributed by atoms with van der Waals surface area (Å²) in [6, 6.07) is 0.560. The van der Waals surface area contributed by atoms with E-state index in [1.54, 1.807) is 0 Å². The Hall–Kier alpha value is -1.21. The molecule has 0 amide bonds. The van der Waals surface area contributed by atoms with Gasteiger partial charge in [0.15, 0.2) is 17.5 Å². The van der Waals surface area contributed by atoms with Crippen molar-refractivity contribution in [2.24, 2.45) is 0 Å². The van der Waals surface area contributed by atoms with E-state index in [0.29, 0.717) is 6.07 Å². The summed E-state index contributed by atoms with van der Waals surface area (Å²) in [6.45, 7) is 0. The van der Waals surface area contributed by atoms with E-state index in [1.807, 2.05) is 0 Å². The van der Waals surface area contributed by atoms with Gasteiger partial charge in [-0.05, 0) is 12.1 Å². The average molecular weight is 211 g/mol. The lowest BCUT2D eigenvalue weighted by Gasteiger charge is -2.12. The lowest BCUT2D eigenvalue weighted by atomic mass is 10.2. The van der Waals surface area contributed by atoms with Crippen molar-refractivity contribution in [1.29, 1.82) is 0 Å². The molecule has 0 fully saturated rings. The third-order valence-corrected chi connectivity index (χ3v) is 1.46. The molecule has 1 aromatic carbocycles. The fraction of sp³-hybridized carbons (Fsp3) is 0.143. The maximum Gasteiger partial charge on any atom is 0.403 e. The van der Waals surface area contributed by atoms with Gasteiger partial charge in [-0.2, -0.15) is 13.6 Å². The molecular weight excluding hydrogens is 209 g/mol. The number of hydrogen-bond donors (Lipinski definition) is 0. The fourth-order valence-electron chi connectivity index (χ4n) is 0.800. The molecule has 7 heteroatoms. The summed E-state index contributed by atoms with van der Waals surface area (Å²) in [7, 11) is 0. The van der Waals surface area contributed by atoms with E-state index in [1.165, 1.54) is 0 Å². The van der Waals surface area contributed by atoms with Crippen LogP contribution in [0.3, 0.4) is 0 Å². The molecule has 1 aromatic rings. The molecule has 0 aliphatic carbocycles. The highest BCUT2D eigenvalue weighted by molar-refractivity contribution is 5.22. The molecule has 0 atom stereocenters. The van der Waals surface area contributed by atoms with E-state index in [9.17, 15) is 22.0 Å². The van der Waals surface area contributed by atoms with E-state index in [-0.39, 0.29) is 6.07 Å². The van der Waals surface area contributed by atoms with Gasteiger partial charge in [0.25, 0.3) is 0 Å². The van der Waals surface area contributed by atoms with Crippen LogP contribution in [0, 0.1) is 17.5 Å². The topological polar surface area (TPSA) is 31.5 Å². The molecule has 0 spiro atoms. The lowest BCUT2D eigenvalue weighted by molar-refractivity contribution is -0.261. The Balaban J connectivity index is 3.31. The maximum absolute atomic E-state index is 12.7. The molecule has 1 rings (SSSR count). The zero-order valence-electron chi connectivity index (χ0n) is 6.40. The number of nitrogens with zero attached hydrogens (tertiary/aromatic N) is 1. The van der Waals surface area contributed by atoms with Crippen molar-refractivity contribution in [3.05, 3.63) is 35.1 Å². The number of rotatable bonds is 2. The number of benzene rings is 1. The van der Waals surface area contributed by atoms with E-state index in [2.05, 4.69) is 4.84 Å². The van der Waals surface area contributed by atoms with Crippen LogP contribution in [-0.2, 0) is 10.9 Å². The van der Waals surface area contributed by atoms with E-state index in [4.69, 9.17) is 5.90 Å². The third-order valence-electron chi connectivity index (χ3n) is 1.46. The largest absolute Gasteiger partial charge is 0.403 e. The van der Waals surface area contributed by atoms with Gasteiger partial charge < -0.3 is 0 Å². The Morgan fingerprint density at radius 1 is 1.07 bits per heavy atom. The summed E-state index contributed by atoms with van der Waals surface area (Å²) in [5.74, 6) is 1.92. The van der Waals surface area contributed by atoms with Crippen molar-refractivity contribution in [1.82, 2.24) is 5.90 Å². The van der Waals surface area contributed by atoms with E-state index in [0.717, 1.165) is 0 Å². The van der Waals surface area contributed by atoms with Crippen molar-refractivity contribution in [2.45, 2.75) is 6.11 Å². The molecule has 14 heavy (non-hydrogen) atoms. The van der Waals surface area contributed by atoms with Crippen LogP contribution in [0.4, 0.5) is 22.0 Å². The molecule has 0 bridgehead atoms. The zero-order chi connectivity index (χ0) is 10.9. The Morgan fingerprint density at radius 3 is 2.14 bits per heavy atom. The van der Waals surface area contributed by atoms with E-state index < -0.39 is 29.1 Å². The minimum atomic E-state index is -4.42. The predicted molar refractivity (Wildman–Crippen MR) is 33.4 cm³/mol. The lowest BCUT2D eigenvalue weighted by Crippen LogP contribution is -2.20. The smallest absolute Gasteiger partial charge is 0.204 e. The van der Waals surface area contributed by atoms with Crippen LogP contribution >= 0.6 is 0 Å². The van der Waals surface area contributed by atoms with Crippen molar-refractivity contribution >= 4 is 0 Å². The summed E-state index contributed by atoms with van der Waals surface area (Å²) in [5.41, 5.74) is -1.58. The molecule has 2 nitrogen and oxygen atoms in total. The van der Waals surface area contributed by atoms with Crippen LogP contribution in [-0.4, -0.2) is 0 Å². The summed E-state index contributed by atoms with van der Waals surface area (Å²) < 4.78 is 62.3. The van der Waals surface area contributed by atoms with Gasteiger partial charge in [0.05, 0.1) is 5.56 Å². The van der Waals surface area contributed by atoms with Crippen LogP contribution in [0.25, 0.3) is 0 Å². The standard InChI is InChI=1S/C7H2F5NO/c8-4-2-1-3(5(9)6(4)10)7(11,12)14-13/h1-2H. The minimum Gasteiger partial charge on any atom is -0.204 e. The van der Waals surface area contributed by atoms with Crippen molar-refractivity contribution in [2.75, 3.05) is 0 Å². The Labute approximate surface area is 75.0 Å². The number of halogens is 5. The second-order valence-corrected chi connectivity index (χ2v) is 2.33. The molecule has 0 unspecified atom stereocenters. The van der Waals surface area contributed by atoms with Gasteiger partial charge in [-0.1, -0.05) is 0 Å². The van der Waals surface area contributed by atoms with Crippen molar-refractivity contribution in [3.8, 4) is 0 Å². The first kappa shape index (κ1) is 10.9. The minimum absolute atomic E-state index is 0.268. The maximum atomic E-state index is 12.7. The molecule has 0 N–H and O–H groups in total. The quantitative estimate of drug-likeness (QED) is 0.419. The van der Waals surface area contributed by atoms with Crippen LogP contribution in [0.15, 0.2) is 12.1 Å². The molecule has 0 aromatic heterocycles.